The van der Waals surface area contributed by atoms with Crippen molar-refractivity contribution in [2.45, 2.75) is 0 Å². The van der Waals surface area contributed by atoms with Crippen molar-refractivity contribution in [3.8, 4) is 5.69 Å². The third kappa shape index (κ3) is 2.49. The van der Waals surface area contributed by atoms with Gasteiger partial charge in [-0.25, -0.2) is 9.69 Å². The van der Waals surface area contributed by atoms with Crippen LogP contribution in [0.1, 0.15) is 10.5 Å². The molecule has 0 spiro atoms. The van der Waals surface area contributed by atoms with E-state index >= 15 is 0 Å². The van der Waals surface area contributed by atoms with Gasteiger partial charge in [0.25, 0.3) is 5.91 Å². The minimum atomic E-state index is -0.256. The van der Waals surface area contributed by atoms with E-state index in [0.29, 0.717) is 11.4 Å². The molecule has 3 N–H and O–H groups in total. The van der Waals surface area contributed by atoms with Crippen LogP contribution in [0.25, 0.3) is 5.69 Å². The minimum Gasteiger partial charge on any atom is -0.397 e. The molecule has 0 fully saturated rings. The third-order valence-corrected chi connectivity index (χ3v) is 2.33. The van der Waals surface area contributed by atoms with E-state index in [4.69, 9.17) is 5.73 Å². The summed E-state index contributed by atoms with van der Waals surface area (Å²) in [6, 6.07) is 8.99. The molecule has 6 nitrogen and oxygen atoms in total. The zero-order chi connectivity index (χ0) is 13.1. The molecule has 6 heteroatoms. The summed E-state index contributed by atoms with van der Waals surface area (Å²) < 4.78 is 1.58. The molecule has 0 aliphatic heterocycles. The highest BCUT2D eigenvalue weighted by Crippen LogP contribution is 2.15. The lowest BCUT2D eigenvalue weighted by atomic mass is 10.3. The van der Waals surface area contributed by atoms with Crippen molar-refractivity contribution >= 4 is 11.6 Å². The predicted octanol–water partition coefficient (Wildman–Crippen LogP) is 0.661. The number of nitrogens with zero attached hydrogens (tertiary/aromatic N) is 3. The average Bonchev–Trinajstić information content (AvgIpc) is 2.78. The lowest BCUT2D eigenvalue weighted by Crippen LogP contribution is -2.36. The summed E-state index contributed by atoms with van der Waals surface area (Å²) in [4.78, 5) is 11.7. The Morgan fingerprint density at radius 3 is 2.72 bits per heavy atom. The Morgan fingerprint density at radius 1 is 1.33 bits per heavy atom. The van der Waals surface area contributed by atoms with E-state index in [1.807, 2.05) is 18.2 Å². The molecule has 0 aliphatic rings. The van der Waals surface area contributed by atoms with Crippen molar-refractivity contribution in [3.63, 3.8) is 0 Å². The van der Waals surface area contributed by atoms with E-state index in [2.05, 4.69) is 10.5 Å². The molecule has 0 radical (unpaired) electrons. The van der Waals surface area contributed by atoms with Gasteiger partial charge in [0.15, 0.2) is 5.69 Å². The fourth-order valence-corrected chi connectivity index (χ4v) is 1.54. The van der Waals surface area contributed by atoms with Gasteiger partial charge in [0.05, 0.1) is 11.4 Å². The number of nitrogens with two attached hydrogens (primary N) is 1. The predicted molar refractivity (Wildman–Crippen MR) is 69.1 cm³/mol. The maximum absolute atomic E-state index is 11.7. The number of para-hydroxylation sites is 2. The normalized spacial score (nSPS) is 10.6. The Labute approximate surface area is 105 Å². The molecule has 0 unspecified atom stereocenters. The zero-order valence-electron chi connectivity index (χ0n) is 10.3. The van der Waals surface area contributed by atoms with Crippen LogP contribution in [0.3, 0.4) is 0 Å². The van der Waals surface area contributed by atoms with E-state index in [9.17, 15) is 4.79 Å². The quantitative estimate of drug-likeness (QED) is 0.615. The number of nitrogens with one attached hydrogen (secondary N) is 1. The van der Waals surface area contributed by atoms with Crippen molar-refractivity contribution in [2.75, 3.05) is 19.8 Å². The van der Waals surface area contributed by atoms with Crippen LogP contribution in [0.5, 0.6) is 0 Å². The summed E-state index contributed by atoms with van der Waals surface area (Å²) in [6.45, 7) is 0. The van der Waals surface area contributed by atoms with Crippen LogP contribution in [0.15, 0.2) is 36.5 Å². The highest BCUT2D eigenvalue weighted by atomic mass is 16.2. The molecule has 1 aromatic carbocycles. The molecule has 0 atom stereocenters. The molecule has 0 bridgehead atoms. The number of anilines is 1. The second-order valence-corrected chi connectivity index (χ2v) is 4.04. The van der Waals surface area contributed by atoms with Gasteiger partial charge in [0.2, 0.25) is 0 Å². The van der Waals surface area contributed by atoms with Gasteiger partial charge in [-0.3, -0.25) is 10.2 Å². The number of amides is 1. The van der Waals surface area contributed by atoms with Gasteiger partial charge in [-0.2, -0.15) is 5.10 Å². The number of rotatable bonds is 3. The lowest BCUT2D eigenvalue weighted by molar-refractivity contribution is 0.0851. The van der Waals surface area contributed by atoms with Gasteiger partial charge < -0.3 is 5.73 Å². The number of aromatic nitrogens is 2. The maximum Gasteiger partial charge on any atom is 0.286 e. The average molecular weight is 245 g/mol. The summed E-state index contributed by atoms with van der Waals surface area (Å²) in [6.07, 6.45) is 1.70. The first-order valence-corrected chi connectivity index (χ1v) is 5.47. The van der Waals surface area contributed by atoms with Gasteiger partial charge in [-0.1, -0.05) is 12.1 Å². The molecule has 2 rings (SSSR count). The minimum absolute atomic E-state index is 0.256. The van der Waals surface area contributed by atoms with E-state index < -0.39 is 0 Å². The zero-order valence-corrected chi connectivity index (χ0v) is 10.3. The second-order valence-electron chi connectivity index (χ2n) is 4.04. The Bertz CT molecular complexity index is 561. The monoisotopic (exact) mass is 245 g/mol. The summed E-state index contributed by atoms with van der Waals surface area (Å²) in [7, 11) is 3.48. The van der Waals surface area contributed by atoms with E-state index in [0.717, 1.165) is 5.69 Å². The maximum atomic E-state index is 11.7. The number of carbonyl (C=O) groups excluding carboxylic acids is 1. The molecule has 94 valence electrons. The highest BCUT2D eigenvalue weighted by molar-refractivity contribution is 5.91. The number of carbonyl (C=O) groups is 1. The number of hydrogen-bond donors (Lipinski definition) is 2. The topological polar surface area (TPSA) is 76.2 Å². The first kappa shape index (κ1) is 12.1. The van der Waals surface area contributed by atoms with Crippen LogP contribution in [-0.4, -0.2) is 34.8 Å². The number of benzene rings is 1. The van der Waals surface area contributed by atoms with Crippen LogP contribution in [0.2, 0.25) is 0 Å². The highest BCUT2D eigenvalue weighted by Gasteiger charge is 2.11. The molecule has 2 aromatic rings. The second kappa shape index (κ2) is 4.89. The van der Waals surface area contributed by atoms with E-state index in [-0.39, 0.29) is 5.91 Å². The van der Waals surface area contributed by atoms with Gasteiger partial charge in [0, 0.05) is 20.3 Å². The standard InChI is InChI=1S/C12H15N5O/c1-16(2)15-12(18)10-7-8-17(14-10)11-6-4-3-5-9(11)13/h3-8H,13H2,1-2H3,(H,15,18). The summed E-state index contributed by atoms with van der Waals surface area (Å²) in [5, 5.41) is 5.76. The molecular weight excluding hydrogens is 230 g/mol. The largest absolute Gasteiger partial charge is 0.397 e. The molecule has 1 aromatic heterocycles. The smallest absolute Gasteiger partial charge is 0.286 e. The SMILES string of the molecule is CN(C)NC(=O)c1ccn(-c2ccccc2N)n1. The number of hydrazine groups is 1. The molecule has 1 heterocycles. The Morgan fingerprint density at radius 2 is 2.06 bits per heavy atom. The summed E-state index contributed by atoms with van der Waals surface area (Å²) >= 11 is 0. The number of nitrogen functional groups attached to an aromatic ring is 1. The van der Waals surface area contributed by atoms with Crippen molar-refractivity contribution < 1.29 is 4.79 Å². The van der Waals surface area contributed by atoms with Crippen molar-refractivity contribution in [2.24, 2.45) is 0 Å². The van der Waals surface area contributed by atoms with Crippen molar-refractivity contribution in [3.05, 3.63) is 42.2 Å². The van der Waals surface area contributed by atoms with Crippen LogP contribution in [0.4, 0.5) is 5.69 Å². The first-order valence-electron chi connectivity index (χ1n) is 5.47. The fraction of sp³-hybridized carbons (Fsp3) is 0.167. The van der Waals surface area contributed by atoms with Crippen molar-refractivity contribution in [1.82, 2.24) is 20.2 Å². The van der Waals surface area contributed by atoms with Gasteiger partial charge >= 0.3 is 0 Å². The molecule has 0 saturated heterocycles. The van der Waals surface area contributed by atoms with Crippen LogP contribution >= 0.6 is 0 Å². The first-order chi connectivity index (χ1) is 8.58. The Kier molecular flexibility index (Phi) is 3.29. The molecule has 1 amide bonds. The molecular formula is C12H15N5O. The van der Waals surface area contributed by atoms with E-state index in [1.54, 1.807) is 42.1 Å². The molecule has 18 heavy (non-hydrogen) atoms. The van der Waals surface area contributed by atoms with Crippen LogP contribution < -0.4 is 11.2 Å². The Hall–Kier alpha value is -2.34. The molecule has 0 saturated carbocycles. The lowest BCUT2D eigenvalue weighted by Gasteiger charge is -2.09. The number of hydrogen-bond acceptors (Lipinski definition) is 4. The van der Waals surface area contributed by atoms with Gasteiger partial charge in [0.1, 0.15) is 0 Å². The fourth-order valence-electron chi connectivity index (χ4n) is 1.54. The van der Waals surface area contributed by atoms with Crippen LogP contribution in [0, 0.1) is 0 Å². The molecule has 0 aliphatic carbocycles. The van der Waals surface area contributed by atoms with E-state index in [1.165, 1.54) is 0 Å². The van der Waals surface area contributed by atoms with Crippen LogP contribution in [-0.2, 0) is 0 Å². The third-order valence-electron chi connectivity index (χ3n) is 2.33. The van der Waals surface area contributed by atoms with Gasteiger partial charge in [-0.15, -0.1) is 0 Å². The summed E-state index contributed by atoms with van der Waals surface area (Å²) in [5.74, 6) is -0.256. The van der Waals surface area contributed by atoms with Crippen molar-refractivity contribution in [1.29, 1.82) is 0 Å². The van der Waals surface area contributed by atoms with Gasteiger partial charge in [-0.05, 0) is 18.2 Å². The Balaban J connectivity index is 2.26. The summed E-state index contributed by atoms with van der Waals surface area (Å²) in [5.41, 5.74) is 10.2.